The molecular formula is C24H24N2O3. The van der Waals surface area contributed by atoms with E-state index in [9.17, 15) is 14.4 Å². The van der Waals surface area contributed by atoms with E-state index in [2.05, 4.69) is 11.8 Å². The van der Waals surface area contributed by atoms with Crippen LogP contribution >= 0.6 is 0 Å². The lowest BCUT2D eigenvalue weighted by Gasteiger charge is -2.27. The summed E-state index contributed by atoms with van der Waals surface area (Å²) in [5, 5.41) is 0. The quantitative estimate of drug-likeness (QED) is 0.597. The molecule has 3 heterocycles. The van der Waals surface area contributed by atoms with Gasteiger partial charge in [-0.15, -0.1) is 0 Å². The zero-order valence-electron chi connectivity index (χ0n) is 16.5. The molecule has 0 saturated carbocycles. The van der Waals surface area contributed by atoms with Gasteiger partial charge in [-0.25, -0.2) is 4.90 Å². The van der Waals surface area contributed by atoms with E-state index in [0.29, 0.717) is 11.3 Å². The predicted octanol–water partition coefficient (Wildman–Crippen LogP) is 3.08. The molecule has 0 bridgehead atoms. The summed E-state index contributed by atoms with van der Waals surface area (Å²) in [7, 11) is 0. The lowest BCUT2D eigenvalue weighted by Crippen LogP contribution is -2.46. The van der Waals surface area contributed by atoms with Crippen molar-refractivity contribution in [2.24, 2.45) is 11.8 Å². The maximum absolute atomic E-state index is 13.5. The first-order valence-corrected chi connectivity index (χ1v) is 10.4. The number of carbonyl (C=O) groups is 3. The van der Waals surface area contributed by atoms with Crippen molar-refractivity contribution in [2.75, 3.05) is 11.4 Å². The Balaban J connectivity index is 1.53. The van der Waals surface area contributed by atoms with Gasteiger partial charge in [-0.1, -0.05) is 49.4 Å². The third kappa shape index (κ3) is 2.68. The molecule has 0 radical (unpaired) electrons. The fraction of sp³-hybridized carbons (Fsp3) is 0.375. The van der Waals surface area contributed by atoms with E-state index < -0.39 is 17.9 Å². The van der Waals surface area contributed by atoms with Crippen LogP contribution in [-0.4, -0.2) is 41.1 Å². The number of Topliss-reactive ketones (excluding diaryl/α,β-unsaturated/α-hetero) is 1. The molecule has 0 spiro atoms. The Morgan fingerprint density at radius 1 is 0.966 bits per heavy atom. The first-order valence-electron chi connectivity index (χ1n) is 10.4. The highest BCUT2D eigenvalue weighted by atomic mass is 16.2. The number of imide groups is 1. The van der Waals surface area contributed by atoms with Crippen LogP contribution in [0, 0.1) is 11.8 Å². The summed E-state index contributed by atoms with van der Waals surface area (Å²) in [6.45, 7) is 2.84. The van der Waals surface area contributed by atoms with E-state index in [-0.39, 0.29) is 23.6 Å². The number of rotatable bonds is 4. The van der Waals surface area contributed by atoms with E-state index in [1.165, 1.54) is 4.90 Å². The summed E-state index contributed by atoms with van der Waals surface area (Å²) in [5.41, 5.74) is 2.38. The van der Waals surface area contributed by atoms with Crippen molar-refractivity contribution in [1.82, 2.24) is 4.90 Å². The van der Waals surface area contributed by atoms with Gasteiger partial charge in [0.05, 0.1) is 23.6 Å². The molecule has 3 saturated heterocycles. The number of aryl methyl sites for hydroxylation is 1. The minimum Gasteiger partial charge on any atom is -0.292 e. The second-order valence-electron chi connectivity index (χ2n) is 8.21. The largest absolute Gasteiger partial charge is 0.292 e. The summed E-state index contributed by atoms with van der Waals surface area (Å²) < 4.78 is 0. The maximum atomic E-state index is 13.5. The zero-order valence-corrected chi connectivity index (χ0v) is 16.5. The average Bonchev–Trinajstić information content (AvgIpc) is 3.40. The molecule has 148 valence electrons. The second-order valence-corrected chi connectivity index (χ2v) is 8.21. The fourth-order valence-electron chi connectivity index (χ4n) is 5.42. The lowest BCUT2D eigenvalue weighted by molar-refractivity contribution is -0.123. The fourth-order valence-corrected chi connectivity index (χ4v) is 5.42. The van der Waals surface area contributed by atoms with Gasteiger partial charge in [-0.3, -0.25) is 19.3 Å². The minimum atomic E-state index is -0.591. The van der Waals surface area contributed by atoms with E-state index in [4.69, 9.17) is 0 Å². The summed E-state index contributed by atoms with van der Waals surface area (Å²) in [6, 6.07) is 16.2. The van der Waals surface area contributed by atoms with Crippen molar-refractivity contribution in [3.63, 3.8) is 0 Å². The summed E-state index contributed by atoms with van der Waals surface area (Å²) >= 11 is 0. The van der Waals surface area contributed by atoms with Crippen LogP contribution in [0.2, 0.25) is 0 Å². The van der Waals surface area contributed by atoms with Crippen LogP contribution in [0.4, 0.5) is 5.69 Å². The molecule has 0 aliphatic carbocycles. The number of benzene rings is 2. The monoisotopic (exact) mass is 388 g/mol. The molecule has 5 nitrogen and oxygen atoms in total. The van der Waals surface area contributed by atoms with Gasteiger partial charge in [0.15, 0.2) is 5.78 Å². The normalized spacial score (nSPS) is 28.7. The molecular weight excluding hydrogens is 364 g/mol. The van der Waals surface area contributed by atoms with Crippen LogP contribution < -0.4 is 4.90 Å². The van der Waals surface area contributed by atoms with Crippen molar-refractivity contribution in [1.29, 1.82) is 0 Å². The Hall–Kier alpha value is -2.79. The first kappa shape index (κ1) is 18.3. The van der Waals surface area contributed by atoms with Gasteiger partial charge in [0.2, 0.25) is 11.8 Å². The molecule has 0 aromatic heterocycles. The lowest BCUT2D eigenvalue weighted by atomic mass is 9.85. The van der Waals surface area contributed by atoms with Gasteiger partial charge < -0.3 is 0 Å². The minimum absolute atomic E-state index is 0.0194. The Bertz CT molecular complexity index is 969. The van der Waals surface area contributed by atoms with Crippen molar-refractivity contribution in [2.45, 2.75) is 38.3 Å². The molecule has 2 aromatic carbocycles. The molecule has 2 amide bonds. The van der Waals surface area contributed by atoms with Crippen molar-refractivity contribution >= 4 is 23.3 Å². The molecule has 5 rings (SSSR count). The summed E-state index contributed by atoms with van der Waals surface area (Å²) in [6.07, 6.45) is 2.72. The van der Waals surface area contributed by atoms with Crippen LogP contribution in [0.15, 0.2) is 54.6 Å². The first-order chi connectivity index (χ1) is 14.1. The molecule has 3 aliphatic heterocycles. The number of anilines is 1. The van der Waals surface area contributed by atoms with Crippen molar-refractivity contribution in [3.05, 3.63) is 65.7 Å². The highest BCUT2D eigenvalue weighted by Crippen LogP contribution is 2.48. The van der Waals surface area contributed by atoms with Crippen LogP contribution in [0.3, 0.4) is 0 Å². The van der Waals surface area contributed by atoms with Crippen LogP contribution in [-0.2, 0) is 16.0 Å². The number of nitrogens with zero attached hydrogens (tertiary/aromatic N) is 2. The van der Waals surface area contributed by atoms with Crippen molar-refractivity contribution < 1.29 is 14.4 Å². The summed E-state index contributed by atoms with van der Waals surface area (Å²) in [5.74, 6) is -1.44. The number of carbonyl (C=O) groups excluding carboxylic acids is 3. The third-order valence-corrected chi connectivity index (χ3v) is 6.78. The third-order valence-electron chi connectivity index (χ3n) is 6.78. The van der Waals surface area contributed by atoms with Gasteiger partial charge in [-0.2, -0.15) is 0 Å². The number of hydrogen-bond acceptors (Lipinski definition) is 4. The number of hydrogen-bond donors (Lipinski definition) is 0. The van der Waals surface area contributed by atoms with Gasteiger partial charge in [-0.05, 0) is 43.5 Å². The smallest absolute Gasteiger partial charge is 0.239 e. The molecule has 2 aromatic rings. The molecule has 5 heteroatoms. The maximum Gasteiger partial charge on any atom is 0.239 e. The van der Waals surface area contributed by atoms with E-state index in [1.54, 1.807) is 12.1 Å². The predicted molar refractivity (Wildman–Crippen MR) is 110 cm³/mol. The number of amides is 2. The Labute approximate surface area is 170 Å². The molecule has 29 heavy (non-hydrogen) atoms. The van der Waals surface area contributed by atoms with E-state index >= 15 is 0 Å². The van der Waals surface area contributed by atoms with Crippen LogP contribution in [0.1, 0.15) is 35.7 Å². The standard InChI is InChI=1S/C24H24N2O3/c1-2-15-10-12-17(13-11-15)26-23(28)19-18-9-6-14-25(18)21(20(19)24(26)29)22(27)16-7-4-3-5-8-16/h3-5,7-8,10-13,18-21H,2,6,9,14H2,1H3/t18-,19+,20+,21-/m1/s1. The number of fused-ring (bicyclic) bond motifs is 3. The Kier molecular flexibility index (Phi) is 4.36. The zero-order chi connectivity index (χ0) is 20.1. The van der Waals surface area contributed by atoms with E-state index in [0.717, 1.165) is 31.4 Å². The molecule has 3 fully saturated rings. The van der Waals surface area contributed by atoms with Crippen molar-refractivity contribution in [3.8, 4) is 0 Å². The van der Waals surface area contributed by atoms with Gasteiger partial charge in [0, 0.05) is 11.6 Å². The highest BCUT2D eigenvalue weighted by molar-refractivity contribution is 6.24. The SMILES string of the molecule is CCc1ccc(N2C(=O)[C@@H]3[C@H](C2=O)[C@H](C(=O)c2ccccc2)N2CCC[C@H]32)cc1. The second kappa shape index (κ2) is 6.92. The summed E-state index contributed by atoms with van der Waals surface area (Å²) in [4.78, 5) is 43.7. The molecule has 3 aliphatic rings. The van der Waals surface area contributed by atoms with Gasteiger partial charge in [0.1, 0.15) is 0 Å². The van der Waals surface area contributed by atoms with E-state index in [1.807, 2.05) is 42.5 Å². The van der Waals surface area contributed by atoms with Gasteiger partial charge in [0.25, 0.3) is 0 Å². The Morgan fingerprint density at radius 2 is 1.66 bits per heavy atom. The molecule has 4 atom stereocenters. The topological polar surface area (TPSA) is 57.7 Å². The van der Waals surface area contributed by atoms with Crippen LogP contribution in [0.5, 0.6) is 0 Å². The van der Waals surface area contributed by atoms with Gasteiger partial charge >= 0.3 is 0 Å². The van der Waals surface area contributed by atoms with Crippen LogP contribution in [0.25, 0.3) is 0 Å². The number of ketones is 1. The highest BCUT2D eigenvalue weighted by Gasteiger charge is 2.64. The molecule has 0 unspecified atom stereocenters. The molecule has 0 N–H and O–H groups in total. The average molecular weight is 388 g/mol. The Morgan fingerprint density at radius 3 is 2.34 bits per heavy atom.